The predicted octanol–water partition coefficient (Wildman–Crippen LogP) is 3.43. The Kier molecular flexibility index (Phi) is 4.78. The number of nitriles is 1. The molecule has 0 aliphatic rings. The highest BCUT2D eigenvalue weighted by atomic mass is 16.5. The molecule has 2 aromatic carbocycles. The lowest BCUT2D eigenvalue weighted by Gasteiger charge is -2.11. The van der Waals surface area contributed by atoms with Crippen LogP contribution in [0.4, 0.5) is 0 Å². The molecular formula is C19H20N4O. The Balaban J connectivity index is 1.82. The van der Waals surface area contributed by atoms with E-state index >= 15 is 0 Å². The van der Waals surface area contributed by atoms with Gasteiger partial charge in [0.05, 0.1) is 23.8 Å². The van der Waals surface area contributed by atoms with Crippen LogP contribution in [0.25, 0.3) is 22.2 Å². The second-order valence-electron chi connectivity index (χ2n) is 5.98. The van der Waals surface area contributed by atoms with Gasteiger partial charge in [-0.1, -0.05) is 12.1 Å². The van der Waals surface area contributed by atoms with Gasteiger partial charge in [-0.3, -0.25) is 5.10 Å². The molecule has 0 bridgehead atoms. The van der Waals surface area contributed by atoms with Crippen LogP contribution in [0, 0.1) is 11.3 Å². The second-order valence-corrected chi connectivity index (χ2v) is 5.98. The van der Waals surface area contributed by atoms with Crippen LogP contribution in [0.2, 0.25) is 0 Å². The van der Waals surface area contributed by atoms with Gasteiger partial charge >= 0.3 is 0 Å². The maximum atomic E-state index is 9.10. The number of aromatic nitrogens is 2. The Morgan fingerprint density at radius 2 is 2.08 bits per heavy atom. The van der Waals surface area contributed by atoms with Crippen molar-refractivity contribution in [2.24, 2.45) is 0 Å². The van der Waals surface area contributed by atoms with Gasteiger partial charge in [0.25, 0.3) is 0 Å². The summed E-state index contributed by atoms with van der Waals surface area (Å²) in [6.45, 7) is 1.68. The summed E-state index contributed by atoms with van der Waals surface area (Å²) in [7, 11) is 4.11. The fourth-order valence-corrected chi connectivity index (χ4v) is 2.61. The third-order valence-corrected chi connectivity index (χ3v) is 3.82. The monoisotopic (exact) mass is 320 g/mol. The fourth-order valence-electron chi connectivity index (χ4n) is 2.61. The first-order chi connectivity index (χ1) is 11.7. The highest BCUT2D eigenvalue weighted by molar-refractivity contribution is 5.93. The number of nitrogens with one attached hydrogen (secondary N) is 1. The Labute approximate surface area is 141 Å². The third-order valence-electron chi connectivity index (χ3n) is 3.82. The summed E-state index contributed by atoms with van der Waals surface area (Å²) in [4.78, 5) is 2.14. The van der Waals surface area contributed by atoms with Crippen LogP contribution in [-0.4, -0.2) is 42.3 Å². The quantitative estimate of drug-likeness (QED) is 0.707. The van der Waals surface area contributed by atoms with E-state index in [1.54, 1.807) is 6.07 Å². The van der Waals surface area contributed by atoms with E-state index in [0.717, 1.165) is 40.9 Å². The van der Waals surface area contributed by atoms with E-state index in [4.69, 9.17) is 10.00 Å². The maximum absolute atomic E-state index is 9.10. The Morgan fingerprint density at radius 3 is 2.88 bits per heavy atom. The number of hydrogen-bond donors (Lipinski definition) is 1. The standard InChI is InChI=1S/C19H20N4O/c1-23(2)9-4-10-24-16-6-3-5-15(12-16)19-17-11-14(13-20)7-8-18(17)21-22-19/h3,5-8,11-12H,4,9-10H2,1-2H3,(H,21,22). The van der Waals surface area contributed by atoms with Crippen LogP contribution >= 0.6 is 0 Å². The summed E-state index contributed by atoms with van der Waals surface area (Å²) in [5, 5.41) is 17.5. The summed E-state index contributed by atoms with van der Waals surface area (Å²) >= 11 is 0. The Morgan fingerprint density at radius 1 is 1.21 bits per heavy atom. The van der Waals surface area contributed by atoms with E-state index in [0.29, 0.717) is 12.2 Å². The number of rotatable bonds is 6. The summed E-state index contributed by atoms with van der Waals surface area (Å²) in [6, 6.07) is 15.6. The highest BCUT2D eigenvalue weighted by Gasteiger charge is 2.10. The van der Waals surface area contributed by atoms with Gasteiger partial charge in [-0.15, -0.1) is 0 Å². The molecular weight excluding hydrogens is 300 g/mol. The van der Waals surface area contributed by atoms with E-state index in [1.165, 1.54) is 0 Å². The van der Waals surface area contributed by atoms with Crippen LogP contribution in [0.5, 0.6) is 5.75 Å². The smallest absolute Gasteiger partial charge is 0.119 e. The lowest BCUT2D eigenvalue weighted by Crippen LogP contribution is -2.15. The summed E-state index contributed by atoms with van der Waals surface area (Å²) < 4.78 is 5.84. The molecule has 0 radical (unpaired) electrons. The summed E-state index contributed by atoms with van der Waals surface area (Å²) in [5.74, 6) is 0.832. The molecule has 5 heteroatoms. The first-order valence-corrected chi connectivity index (χ1v) is 7.93. The molecule has 1 aromatic heterocycles. The van der Waals surface area contributed by atoms with Crippen LogP contribution < -0.4 is 4.74 Å². The molecule has 5 nitrogen and oxygen atoms in total. The number of nitrogens with zero attached hydrogens (tertiary/aromatic N) is 3. The fraction of sp³-hybridized carbons (Fsp3) is 0.263. The lowest BCUT2D eigenvalue weighted by atomic mass is 10.1. The largest absolute Gasteiger partial charge is 0.494 e. The minimum absolute atomic E-state index is 0.626. The number of fused-ring (bicyclic) bond motifs is 1. The van der Waals surface area contributed by atoms with Crippen molar-refractivity contribution in [3.05, 3.63) is 48.0 Å². The van der Waals surface area contributed by atoms with Gasteiger partial charge in [0.2, 0.25) is 0 Å². The first kappa shape index (κ1) is 16.0. The minimum atomic E-state index is 0.626. The van der Waals surface area contributed by atoms with Gasteiger partial charge in [0.1, 0.15) is 11.4 Å². The molecule has 0 atom stereocenters. The molecule has 3 aromatic rings. The van der Waals surface area contributed by atoms with E-state index in [-0.39, 0.29) is 0 Å². The van der Waals surface area contributed by atoms with Crippen molar-refractivity contribution in [2.45, 2.75) is 6.42 Å². The number of ether oxygens (including phenoxy) is 1. The van der Waals surface area contributed by atoms with Crippen molar-refractivity contribution < 1.29 is 4.74 Å². The predicted molar refractivity (Wildman–Crippen MR) is 94.9 cm³/mol. The molecule has 0 unspecified atom stereocenters. The van der Waals surface area contributed by atoms with Crippen molar-refractivity contribution in [3.8, 4) is 23.1 Å². The average molecular weight is 320 g/mol. The van der Waals surface area contributed by atoms with Crippen molar-refractivity contribution in [3.63, 3.8) is 0 Å². The topological polar surface area (TPSA) is 64.9 Å². The van der Waals surface area contributed by atoms with E-state index in [1.807, 2.05) is 36.4 Å². The molecule has 3 rings (SSSR count). The van der Waals surface area contributed by atoms with E-state index < -0.39 is 0 Å². The molecule has 0 aliphatic carbocycles. The molecule has 122 valence electrons. The highest BCUT2D eigenvalue weighted by Crippen LogP contribution is 2.29. The molecule has 0 saturated carbocycles. The normalized spacial score (nSPS) is 10.9. The lowest BCUT2D eigenvalue weighted by molar-refractivity contribution is 0.281. The van der Waals surface area contributed by atoms with Gasteiger partial charge in [0.15, 0.2) is 0 Å². The number of H-pyrrole nitrogens is 1. The number of hydrogen-bond acceptors (Lipinski definition) is 4. The van der Waals surface area contributed by atoms with Gasteiger partial charge in [-0.25, -0.2) is 0 Å². The zero-order valence-electron chi connectivity index (χ0n) is 13.9. The first-order valence-electron chi connectivity index (χ1n) is 7.93. The van der Waals surface area contributed by atoms with Crippen molar-refractivity contribution in [1.29, 1.82) is 5.26 Å². The second kappa shape index (κ2) is 7.16. The summed E-state index contributed by atoms with van der Waals surface area (Å²) in [5.41, 5.74) is 3.35. The summed E-state index contributed by atoms with van der Waals surface area (Å²) in [6.07, 6.45) is 0.980. The van der Waals surface area contributed by atoms with Gasteiger partial charge in [-0.05, 0) is 50.8 Å². The van der Waals surface area contributed by atoms with Crippen molar-refractivity contribution >= 4 is 10.9 Å². The van der Waals surface area contributed by atoms with Crippen molar-refractivity contribution in [1.82, 2.24) is 15.1 Å². The molecule has 1 heterocycles. The van der Waals surface area contributed by atoms with Crippen LogP contribution in [-0.2, 0) is 0 Å². The number of benzene rings is 2. The Bertz CT molecular complexity index is 876. The molecule has 1 N–H and O–H groups in total. The minimum Gasteiger partial charge on any atom is -0.494 e. The molecule has 24 heavy (non-hydrogen) atoms. The van der Waals surface area contributed by atoms with Gasteiger partial charge in [0, 0.05) is 17.5 Å². The molecule has 0 saturated heterocycles. The molecule has 0 aliphatic heterocycles. The molecule has 0 spiro atoms. The van der Waals surface area contributed by atoms with Crippen LogP contribution in [0.15, 0.2) is 42.5 Å². The van der Waals surface area contributed by atoms with E-state index in [2.05, 4.69) is 35.3 Å². The van der Waals surface area contributed by atoms with Gasteiger partial charge < -0.3 is 9.64 Å². The average Bonchev–Trinajstić information content (AvgIpc) is 3.02. The zero-order chi connectivity index (χ0) is 16.9. The SMILES string of the molecule is CN(C)CCCOc1cccc(-c2n[nH]c3ccc(C#N)cc23)c1. The zero-order valence-corrected chi connectivity index (χ0v) is 13.9. The van der Waals surface area contributed by atoms with E-state index in [9.17, 15) is 0 Å². The number of aromatic amines is 1. The van der Waals surface area contributed by atoms with Crippen molar-refractivity contribution in [2.75, 3.05) is 27.2 Å². The van der Waals surface area contributed by atoms with Crippen LogP contribution in [0.3, 0.4) is 0 Å². The van der Waals surface area contributed by atoms with Gasteiger partial charge in [-0.2, -0.15) is 10.4 Å². The van der Waals surface area contributed by atoms with Crippen LogP contribution in [0.1, 0.15) is 12.0 Å². The molecule has 0 amide bonds. The Hall–Kier alpha value is -2.84. The maximum Gasteiger partial charge on any atom is 0.119 e. The molecule has 0 fully saturated rings. The third kappa shape index (κ3) is 3.55.